The summed E-state index contributed by atoms with van der Waals surface area (Å²) in [6.45, 7) is 3.16. The number of ether oxygens (including phenoxy) is 2. The van der Waals surface area contributed by atoms with Crippen molar-refractivity contribution in [1.82, 2.24) is 30.5 Å². The monoisotopic (exact) mass is 694 g/mol. The highest BCUT2D eigenvalue weighted by molar-refractivity contribution is 9.10. The summed E-state index contributed by atoms with van der Waals surface area (Å²) in [6.07, 6.45) is 6.28. The van der Waals surface area contributed by atoms with Crippen LogP contribution in [0.4, 0.5) is 0 Å². The Morgan fingerprint density at radius 2 is 2.02 bits per heavy atom. The minimum absolute atomic E-state index is 0.00793. The van der Waals surface area contributed by atoms with E-state index in [9.17, 15) is 14.7 Å². The fraction of sp³-hybridized carbons (Fsp3) is 0.529. The maximum atomic E-state index is 13.6. The first kappa shape index (κ1) is 32.6. The zero-order valence-electron chi connectivity index (χ0n) is 26.2. The van der Waals surface area contributed by atoms with E-state index in [0.717, 1.165) is 65.6 Å². The van der Waals surface area contributed by atoms with Crippen molar-refractivity contribution in [3.8, 4) is 5.75 Å². The van der Waals surface area contributed by atoms with Crippen LogP contribution in [-0.2, 0) is 33.7 Å². The van der Waals surface area contributed by atoms with Gasteiger partial charge in [0, 0.05) is 41.8 Å². The number of hydrogen-bond acceptors (Lipinski definition) is 8. The van der Waals surface area contributed by atoms with E-state index >= 15 is 0 Å². The highest BCUT2D eigenvalue weighted by Crippen LogP contribution is 2.49. The molecule has 3 aliphatic rings. The molecule has 1 aliphatic carbocycles. The molecule has 1 spiro atoms. The number of aliphatic hydroxyl groups excluding tert-OH is 1. The minimum atomic E-state index is -0.883. The summed E-state index contributed by atoms with van der Waals surface area (Å²) in [5.74, 6) is 0.387. The number of rotatable bonds is 12. The van der Waals surface area contributed by atoms with Crippen molar-refractivity contribution in [1.29, 1.82) is 0 Å². The fourth-order valence-electron chi connectivity index (χ4n) is 6.59. The number of aromatic nitrogens is 3. The van der Waals surface area contributed by atoms with Gasteiger partial charge < -0.3 is 30.1 Å². The summed E-state index contributed by atoms with van der Waals surface area (Å²) < 4.78 is 14.8. The molecule has 2 aromatic carbocycles. The van der Waals surface area contributed by atoms with E-state index in [1.165, 1.54) is 0 Å². The van der Waals surface area contributed by atoms with Gasteiger partial charge in [-0.3, -0.25) is 9.59 Å². The van der Waals surface area contributed by atoms with Crippen molar-refractivity contribution in [2.45, 2.75) is 88.3 Å². The lowest BCUT2D eigenvalue weighted by Gasteiger charge is -2.48. The van der Waals surface area contributed by atoms with Gasteiger partial charge in [-0.2, -0.15) is 0 Å². The molecule has 0 radical (unpaired) electrons. The standard InChI is InChI=1S/C34H43BrN6O5/c1-2-7-25-20-41(39-38-25)22-32(43)40-14-15-45-31(21-40)33(44)37-27(16-23-8-4-3-5-9-23)29(42)19-36-28-18-34(12-6-13-34)46-30-11-10-24(35)17-26(28)30/h3-5,8-11,17,20,27-29,31,36,42H,2,6-7,12-16,18-19,21-22H2,1H3,(H,37,44)/t27-,28-,29-,31-/m0/s1. The van der Waals surface area contributed by atoms with Crippen LogP contribution in [0.3, 0.4) is 0 Å². The zero-order valence-corrected chi connectivity index (χ0v) is 27.8. The van der Waals surface area contributed by atoms with Crippen LogP contribution in [-0.4, -0.2) is 86.9 Å². The second-order valence-electron chi connectivity index (χ2n) is 12.7. The second kappa shape index (κ2) is 14.6. The molecule has 12 heteroatoms. The van der Waals surface area contributed by atoms with Crippen molar-refractivity contribution in [3.05, 3.63) is 76.0 Å². The lowest BCUT2D eigenvalue weighted by atomic mass is 9.73. The first-order valence-electron chi connectivity index (χ1n) is 16.3. The van der Waals surface area contributed by atoms with E-state index < -0.39 is 18.2 Å². The number of hydrogen-bond donors (Lipinski definition) is 3. The van der Waals surface area contributed by atoms with Crippen molar-refractivity contribution < 1.29 is 24.2 Å². The Bertz CT molecular complexity index is 1500. The predicted molar refractivity (Wildman–Crippen MR) is 175 cm³/mol. The Labute approximate surface area is 278 Å². The van der Waals surface area contributed by atoms with Crippen LogP contribution in [0.1, 0.15) is 61.9 Å². The number of aliphatic hydroxyl groups is 1. The number of aryl methyl sites for hydroxylation is 1. The maximum absolute atomic E-state index is 13.6. The second-order valence-corrected chi connectivity index (χ2v) is 13.6. The van der Waals surface area contributed by atoms with Crippen LogP contribution in [0.2, 0.25) is 0 Å². The van der Waals surface area contributed by atoms with Gasteiger partial charge in [-0.05, 0) is 55.9 Å². The average molecular weight is 696 g/mol. The average Bonchev–Trinajstić information content (AvgIpc) is 3.49. The maximum Gasteiger partial charge on any atom is 0.251 e. The lowest BCUT2D eigenvalue weighted by molar-refractivity contribution is -0.148. The van der Waals surface area contributed by atoms with Crippen molar-refractivity contribution in [3.63, 3.8) is 0 Å². The van der Waals surface area contributed by atoms with E-state index in [4.69, 9.17) is 9.47 Å². The Kier molecular flexibility index (Phi) is 10.4. The molecule has 0 bridgehead atoms. The predicted octanol–water partition coefficient (Wildman–Crippen LogP) is 3.35. The number of benzene rings is 2. The van der Waals surface area contributed by atoms with Gasteiger partial charge in [0.05, 0.1) is 31.0 Å². The first-order valence-corrected chi connectivity index (χ1v) is 17.1. The molecule has 1 saturated carbocycles. The van der Waals surface area contributed by atoms with Gasteiger partial charge in [0.15, 0.2) is 6.10 Å². The molecule has 3 aromatic rings. The topological polar surface area (TPSA) is 131 Å². The highest BCUT2D eigenvalue weighted by Gasteiger charge is 2.45. The molecule has 11 nitrogen and oxygen atoms in total. The van der Waals surface area contributed by atoms with Crippen LogP contribution in [0, 0.1) is 0 Å². The normalized spacial score (nSPS) is 21.5. The summed E-state index contributed by atoms with van der Waals surface area (Å²) >= 11 is 3.60. The van der Waals surface area contributed by atoms with Crippen LogP contribution < -0.4 is 15.4 Å². The quantitative estimate of drug-likeness (QED) is 0.263. The van der Waals surface area contributed by atoms with Gasteiger partial charge in [-0.15, -0.1) is 5.10 Å². The first-order chi connectivity index (χ1) is 22.3. The molecule has 3 N–H and O–H groups in total. The summed E-state index contributed by atoms with van der Waals surface area (Å²) in [5.41, 5.74) is 2.75. The molecule has 2 fully saturated rings. The van der Waals surface area contributed by atoms with Gasteiger partial charge in [0.1, 0.15) is 17.9 Å². The van der Waals surface area contributed by atoms with Gasteiger partial charge >= 0.3 is 0 Å². The molecule has 1 aromatic heterocycles. The van der Waals surface area contributed by atoms with E-state index in [1.807, 2.05) is 42.5 Å². The number of morpholine rings is 1. The molecule has 2 amide bonds. The van der Waals surface area contributed by atoms with Crippen LogP contribution in [0.15, 0.2) is 59.2 Å². The summed E-state index contributed by atoms with van der Waals surface area (Å²) in [4.78, 5) is 28.3. The molecular formula is C34H43BrN6O5. The third-order valence-corrected chi connectivity index (χ3v) is 9.77. The summed E-state index contributed by atoms with van der Waals surface area (Å²) in [5, 5.41) is 26.4. The third kappa shape index (κ3) is 7.79. The number of carbonyl (C=O) groups is 2. The van der Waals surface area contributed by atoms with Crippen molar-refractivity contribution in [2.75, 3.05) is 26.2 Å². The molecular weight excluding hydrogens is 652 g/mol. The Hall–Kier alpha value is -3.32. The van der Waals surface area contributed by atoms with Crippen molar-refractivity contribution >= 4 is 27.7 Å². The third-order valence-electron chi connectivity index (χ3n) is 9.28. The molecule has 246 valence electrons. The number of nitrogens with zero attached hydrogens (tertiary/aromatic N) is 4. The molecule has 2 aliphatic heterocycles. The van der Waals surface area contributed by atoms with Crippen molar-refractivity contribution in [2.24, 2.45) is 0 Å². The SMILES string of the molecule is CCCc1cn(CC(=O)N2CCO[C@H](C(=O)N[C@@H](Cc3ccccc3)[C@@H](O)CN[C@H]3CC4(CCC4)Oc4ccc(Br)cc43)C2)nn1. The zero-order chi connectivity index (χ0) is 32.1. The molecule has 1 saturated heterocycles. The van der Waals surface area contributed by atoms with E-state index in [2.05, 4.69) is 49.9 Å². The summed E-state index contributed by atoms with van der Waals surface area (Å²) in [6, 6.07) is 15.3. The van der Waals surface area contributed by atoms with Gasteiger partial charge in [0.25, 0.3) is 5.91 Å². The van der Waals surface area contributed by atoms with E-state index in [0.29, 0.717) is 13.0 Å². The van der Waals surface area contributed by atoms with E-state index in [1.54, 1.807) is 15.8 Å². The number of nitrogens with one attached hydrogen (secondary N) is 2. The van der Waals surface area contributed by atoms with E-state index in [-0.39, 0.29) is 49.7 Å². The Morgan fingerprint density at radius 1 is 1.20 bits per heavy atom. The number of fused-ring (bicyclic) bond motifs is 1. The molecule has 4 atom stereocenters. The number of amides is 2. The van der Waals surface area contributed by atoms with Crippen LogP contribution in [0.5, 0.6) is 5.75 Å². The number of carbonyl (C=O) groups excluding carboxylic acids is 2. The van der Waals surface area contributed by atoms with Crippen LogP contribution in [0.25, 0.3) is 0 Å². The lowest BCUT2D eigenvalue weighted by Crippen LogP contribution is -2.57. The highest BCUT2D eigenvalue weighted by atomic mass is 79.9. The largest absolute Gasteiger partial charge is 0.487 e. The fourth-order valence-corrected chi connectivity index (χ4v) is 6.97. The molecule has 46 heavy (non-hydrogen) atoms. The molecule has 0 unspecified atom stereocenters. The Balaban J connectivity index is 1.10. The Morgan fingerprint density at radius 3 is 2.78 bits per heavy atom. The smallest absolute Gasteiger partial charge is 0.251 e. The summed E-state index contributed by atoms with van der Waals surface area (Å²) in [7, 11) is 0. The minimum Gasteiger partial charge on any atom is -0.487 e. The van der Waals surface area contributed by atoms with Crippen LogP contribution >= 0.6 is 15.9 Å². The van der Waals surface area contributed by atoms with Gasteiger partial charge in [0.2, 0.25) is 5.91 Å². The number of halogens is 1. The van der Waals surface area contributed by atoms with Gasteiger partial charge in [-0.25, -0.2) is 4.68 Å². The van der Waals surface area contributed by atoms with Gasteiger partial charge in [-0.1, -0.05) is 64.8 Å². The molecule has 6 rings (SSSR count). The molecule has 3 heterocycles.